The van der Waals surface area contributed by atoms with E-state index in [1.54, 1.807) is 0 Å². The topological polar surface area (TPSA) is 55.2 Å². The molecule has 0 aromatic heterocycles. The standard InChI is InChI=1S/C14H18BrFN2O2/c1-8-4-3-5-12(9(8)2)17-13-6-10(15)11(16)7-14(13)18(19)20/h6-9,12,17H,3-5H2,1-2H3. The van der Waals surface area contributed by atoms with Gasteiger partial charge in [0.25, 0.3) is 5.69 Å². The molecule has 0 saturated heterocycles. The van der Waals surface area contributed by atoms with E-state index in [0.717, 1.165) is 18.9 Å². The van der Waals surface area contributed by atoms with Crippen LogP contribution >= 0.6 is 15.9 Å². The Morgan fingerprint density at radius 2 is 2.10 bits per heavy atom. The van der Waals surface area contributed by atoms with E-state index in [1.165, 1.54) is 12.5 Å². The first kappa shape index (κ1) is 15.2. The lowest BCUT2D eigenvalue weighted by Crippen LogP contribution is -2.35. The summed E-state index contributed by atoms with van der Waals surface area (Å²) < 4.78 is 13.7. The molecule has 3 unspecified atom stereocenters. The Hall–Kier alpha value is -1.17. The predicted octanol–water partition coefficient (Wildman–Crippen LogP) is 4.73. The van der Waals surface area contributed by atoms with Gasteiger partial charge < -0.3 is 5.32 Å². The van der Waals surface area contributed by atoms with E-state index in [2.05, 4.69) is 35.1 Å². The lowest BCUT2D eigenvalue weighted by atomic mass is 9.78. The molecular weight excluding hydrogens is 327 g/mol. The maximum Gasteiger partial charge on any atom is 0.295 e. The highest BCUT2D eigenvalue weighted by Gasteiger charge is 2.29. The number of nitrogens with one attached hydrogen (secondary N) is 1. The zero-order valence-corrected chi connectivity index (χ0v) is 13.1. The highest BCUT2D eigenvalue weighted by atomic mass is 79.9. The van der Waals surface area contributed by atoms with Crippen LogP contribution in [0.3, 0.4) is 0 Å². The van der Waals surface area contributed by atoms with Crippen molar-refractivity contribution in [2.45, 2.75) is 39.2 Å². The Balaban J connectivity index is 2.28. The summed E-state index contributed by atoms with van der Waals surface area (Å²) in [5, 5.41) is 14.3. The minimum atomic E-state index is -0.618. The molecule has 20 heavy (non-hydrogen) atoms. The molecule has 1 aliphatic rings. The van der Waals surface area contributed by atoms with E-state index in [4.69, 9.17) is 0 Å². The van der Waals surface area contributed by atoms with E-state index in [0.29, 0.717) is 17.5 Å². The molecule has 1 aromatic rings. The van der Waals surface area contributed by atoms with Crippen molar-refractivity contribution >= 4 is 27.3 Å². The van der Waals surface area contributed by atoms with Crippen molar-refractivity contribution in [1.29, 1.82) is 0 Å². The number of nitro groups is 1. The first-order valence-corrected chi connectivity index (χ1v) is 7.59. The van der Waals surface area contributed by atoms with Crippen molar-refractivity contribution in [3.05, 3.63) is 32.5 Å². The van der Waals surface area contributed by atoms with Crippen molar-refractivity contribution in [3.63, 3.8) is 0 Å². The molecular formula is C14H18BrFN2O2. The van der Waals surface area contributed by atoms with E-state index < -0.39 is 10.7 Å². The van der Waals surface area contributed by atoms with Gasteiger partial charge in [-0.25, -0.2) is 4.39 Å². The van der Waals surface area contributed by atoms with Crippen LogP contribution in [0, 0.1) is 27.8 Å². The average Bonchev–Trinajstić information content (AvgIpc) is 2.38. The van der Waals surface area contributed by atoms with Gasteiger partial charge in [-0.3, -0.25) is 10.1 Å². The normalized spacial score (nSPS) is 26.3. The van der Waals surface area contributed by atoms with Crippen LogP contribution in [0.2, 0.25) is 0 Å². The molecule has 1 aliphatic carbocycles. The summed E-state index contributed by atoms with van der Waals surface area (Å²) in [5.74, 6) is 0.406. The van der Waals surface area contributed by atoms with Gasteiger partial charge >= 0.3 is 0 Å². The maximum atomic E-state index is 13.5. The Bertz CT molecular complexity index is 524. The zero-order valence-electron chi connectivity index (χ0n) is 11.5. The van der Waals surface area contributed by atoms with Gasteiger partial charge in [-0.05, 0) is 40.3 Å². The fraction of sp³-hybridized carbons (Fsp3) is 0.571. The van der Waals surface area contributed by atoms with Crippen molar-refractivity contribution in [2.75, 3.05) is 5.32 Å². The summed E-state index contributed by atoms with van der Waals surface area (Å²) in [7, 11) is 0. The molecule has 1 saturated carbocycles. The van der Waals surface area contributed by atoms with Gasteiger partial charge in [-0.15, -0.1) is 0 Å². The number of nitrogens with zero attached hydrogens (tertiary/aromatic N) is 1. The molecule has 0 heterocycles. The van der Waals surface area contributed by atoms with Crippen LogP contribution in [-0.2, 0) is 0 Å². The molecule has 0 bridgehead atoms. The Morgan fingerprint density at radius 3 is 2.75 bits per heavy atom. The Morgan fingerprint density at radius 1 is 1.40 bits per heavy atom. The van der Waals surface area contributed by atoms with Gasteiger partial charge in [0.05, 0.1) is 15.5 Å². The summed E-state index contributed by atoms with van der Waals surface area (Å²) >= 11 is 3.08. The molecule has 0 aliphatic heterocycles. The molecule has 3 atom stereocenters. The third-order valence-electron chi connectivity index (χ3n) is 4.28. The molecule has 0 radical (unpaired) electrons. The number of rotatable bonds is 3. The number of hydrogen-bond donors (Lipinski definition) is 1. The second-order valence-corrected chi connectivity index (χ2v) is 6.41. The van der Waals surface area contributed by atoms with Crippen molar-refractivity contribution in [1.82, 2.24) is 0 Å². The molecule has 0 amide bonds. The molecule has 110 valence electrons. The fourth-order valence-corrected chi connectivity index (χ4v) is 3.13. The predicted molar refractivity (Wildman–Crippen MR) is 80.3 cm³/mol. The van der Waals surface area contributed by atoms with Crippen molar-refractivity contribution in [3.8, 4) is 0 Å². The van der Waals surface area contributed by atoms with E-state index >= 15 is 0 Å². The number of nitro benzene ring substituents is 1. The van der Waals surface area contributed by atoms with Crippen LogP contribution in [-0.4, -0.2) is 11.0 Å². The first-order valence-electron chi connectivity index (χ1n) is 6.80. The number of halogens is 2. The summed E-state index contributed by atoms with van der Waals surface area (Å²) in [6, 6.07) is 2.61. The van der Waals surface area contributed by atoms with Gasteiger partial charge in [0.1, 0.15) is 11.5 Å². The Labute approximate surface area is 126 Å². The zero-order chi connectivity index (χ0) is 14.9. The van der Waals surface area contributed by atoms with Crippen LogP contribution in [0.25, 0.3) is 0 Å². The fourth-order valence-electron chi connectivity index (χ4n) is 2.79. The number of benzene rings is 1. The molecule has 1 fully saturated rings. The summed E-state index contributed by atoms with van der Waals surface area (Å²) in [6.07, 6.45) is 3.28. The lowest BCUT2D eigenvalue weighted by Gasteiger charge is -2.35. The summed E-state index contributed by atoms with van der Waals surface area (Å²) in [5.41, 5.74) is 0.172. The second-order valence-electron chi connectivity index (χ2n) is 5.56. The second kappa shape index (κ2) is 6.08. The highest BCUT2D eigenvalue weighted by Crippen LogP contribution is 2.36. The summed E-state index contributed by atoms with van der Waals surface area (Å²) in [6.45, 7) is 4.36. The van der Waals surface area contributed by atoms with E-state index in [1.807, 2.05) is 0 Å². The van der Waals surface area contributed by atoms with Gasteiger partial charge in [-0.1, -0.05) is 26.7 Å². The number of anilines is 1. The van der Waals surface area contributed by atoms with Crippen molar-refractivity contribution < 1.29 is 9.31 Å². The number of hydrogen-bond acceptors (Lipinski definition) is 3. The molecule has 2 rings (SSSR count). The largest absolute Gasteiger partial charge is 0.376 e. The van der Waals surface area contributed by atoms with Gasteiger partial charge in [0.2, 0.25) is 0 Å². The molecule has 1 aromatic carbocycles. The van der Waals surface area contributed by atoms with E-state index in [-0.39, 0.29) is 16.2 Å². The van der Waals surface area contributed by atoms with E-state index in [9.17, 15) is 14.5 Å². The van der Waals surface area contributed by atoms with Crippen LogP contribution in [0.1, 0.15) is 33.1 Å². The third-order valence-corrected chi connectivity index (χ3v) is 4.89. The minimum Gasteiger partial charge on any atom is -0.376 e. The van der Waals surface area contributed by atoms with Crippen LogP contribution < -0.4 is 5.32 Å². The van der Waals surface area contributed by atoms with Gasteiger partial charge in [-0.2, -0.15) is 0 Å². The summed E-state index contributed by atoms with van der Waals surface area (Å²) in [4.78, 5) is 10.5. The maximum absolute atomic E-state index is 13.5. The highest BCUT2D eigenvalue weighted by molar-refractivity contribution is 9.10. The quantitative estimate of drug-likeness (QED) is 0.636. The molecule has 4 nitrogen and oxygen atoms in total. The third kappa shape index (κ3) is 3.11. The smallest absolute Gasteiger partial charge is 0.295 e. The average molecular weight is 345 g/mol. The monoisotopic (exact) mass is 344 g/mol. The minimum absolute atomic E-state index is 0.190. The van der Waals surface area contributed by atoms with Gasteiger partial charge in [0, 0.05) is 6.04 Å². The van der Waals surface area contributed by atoms with Crippen molar-refractivity contribution in [2.24, 2.45) is 11.8 Å². The van der Waals surface area contributed by atoms with Crippen LogP contribution in [0.15, 0.2) is 16.6 Å². The lowest BCUT2D eigenvalue weighted by molar-refractivity contribution is -0.384. The molecule has 0 spiro atoms. The van der Waals surface area contributed by atoms with Gasteiger partial charge in [0.15, 0.2) is 0 Å². The Kier molecular flexibility index (Phi) is 4.62. The molecule has 6 heteroatoms. The molecule has 1 N–H and O–H groups in total. The van der Waals surface area contributed by atoms with Crippen LogP contribution in [0.4, 0.5) is 15.8 Å². The van der Waals surface area contributed by atoms with Crippen LogP contribution in [0.5, 0.6) is 0 Å². The SMILES string of the molecule is CC1CCCC(Nc2cc(Br)c(F)cc2[N+](=O)[O-])C1C. The first-order chi connectivity index (χ1) is 9.40.